The van der Waals surface area contributed by atoms with Crippen molar-refractivity contribution < 1.29 is 8.83 Å². The van der Waals surface area contributed by atoms with Crippen LogP contribution in [0.15, 0.2) is 245 Å². The lowest BCUT2D eigenvalue weighted by Gasteiger charge is -2.40. The molecule has 15 aromatic rings. The molecule has 1 aliphatic heterocycles. The highest BCUT2D eigenvalue weighted by molar-refractivity contribution is 6.24. The Morgan fingerprint density at radius 2 is 0.694 bits per heavy atom. The third kappa shape index (κ3) is 4.71. The maximum absolute atomic E-state index is 6.83. The van der Waals surface area contributed by atoms with Gasteiger partial charge in [-0.1, -0.05) is 212 Å². The summed E-state index contributed by atoms with van der Waals surface area (Å²) in [5.41, 5.74) is 21.2. The van der Waals surface area contributed by atoms with Crippen molar-refractivity contribution in [2.24, 2.45) is 0 Å². The molecule has 17 rings (SSSR count). The molecular weight excluding hydrogens is 875 g/mol. The van der Waals surface area contributed by atoms with E-state index in [1.165, 1.54) is 82.8 Å². The van der Waals surface area contributed by atoms with Gasteiger partial charge in [0.1, 0.15) is 22.3 Å². The second-order valence-electron chi connectivity index (χ2n) is 19.7. The summed E-state index contributed by atoms with van der Waals surface area (Å²) in [6.07, 6.45) is 0. The quantitative estimate of drug-likeness (QED) is 0.165. The van der Waals surface area contributed by atoms with Gasteiger partial charge in [-0.2, -0.15) is 0 Å². The number of fused-ring (bicyclic) bond motifs is 20. The first-order chi connectivity index (χ1) is 35.8. The van der Waals surface area contributed by atoms with E-state index in [0.717, 1.165) is 76.9 Å². The van der Waals surface area contributed by atoms with E-state index in [1.54, 1.807) is 0 Å². The predicted octanol–water partition coefficient (Wildman–Crippen LogP) is 18.6. The fourth-order valence-electron chi connectivity index (χ4n) is 13.6. The Bertz CT molecular complexity index is 4670. The van der Waals surface area contributed by atoms with Gasteiger partial charge in [-0.25, -0.2) is 0 Å². The van der Waals surface area contributed by atoms with Crippen LogP contribution in [0.1, 0.15) is 22.3 Å². The molecule has 2 aliphatic rings. The lowest BCUT2D eigenvalue weighted by Crippen LogP contribution is -2.33. The van der Waals surface area contributed by atoms with Crippen LogP contribution in [0.3, 0.4) is 0 Å². The molecule has 0 unspecified atom stereocenters. The number of benzene rings is 12. The van der Waals surface area contributed by atoms with Gasteiger partial charge in [0.05, 0.1) is 22.1 Å². The number of furan rings is 2. The van der Waals surface area contributed by atoms with E-state index >= 15 is 0 Å². The van der Waals surface area contributed by atoms with Gasteiger partial charge in [-0.05, 0) is 95.9 Å². The molecule has 3 nitrogen and oxygen atoms in total. The molecule has 3 heteroatoms. The predicted molar refractivity (Wildman–Crippen MR) is 298 cm³/mol. The fraction of sp³-hybridized carbons (Fsp3) is 0.0145. The third-order valence-electron chi connectivity index (χ3n) is 16.4. The summed E-state index contributed by atoms with van der Waals surface area (Å²) in [5.74, 6) is 0. The summed E-state index contributed by atoms with van der Waals surface area (Å²) in [6.45, 7) is 0. The van der Waals surface area contributed by atoms with Crippen LogP contribution in [0.25, 0.3) is 137 Å². The number of hydrogen-bond acceptors (Lipinski definition) is 2. The maximum atomic E-state index is 6.83. The van der Waals surface area contributed by atoms with Crippen LogP contribution in [0, 0.1) is 0 Å². The molecule has 4 heterocycles. The second kappa shape index (κ2) is 13.9. The van der Waals surface area contributed by atoms with Crippen LogP contribution >= 0.6 is 0 Å². The molecule has 72 heavy (non-hydrogen) atoms. The molecule has 1 aliphatic carbocycles. The van der Waals surface area contributed by atoms with Gasteiger partial charge in [0.15, 0.2) is 0 Å². The van der Waals surface area contributed by atoms with E-state index < -0.39 is 5.41 Å². The zero-order chi connectivity index (χ0) is 46.8. The highest BCUT2D eigenvalue weighted by Crippen LogP contribution is 2.62. The molecule has 0 saturated heterocycles. The van der Waals surface area contributed by atoms with E-state index in [9.17, 15) is 0 Å². The smallest absolute Gasteiger partial charge is 0.143 e. The maximum Gasteiger partial charge on any atom is 0.143 e. The van der Waals surface area contributed by atoms with E-state index in [-0.39, 0.29) is 0 Å². The Kier molecular flexibility index (Phi) is 7.40. The van der Waals surface area contributed by atoms with E-state index in [1.807, 2.05) is 0 Å². The van der Waals surface area contributed by atoms with E-state index in [2.05, 4.69) is 241 Å². The van der Waals surface area contributed by atoms with Gasteiger partial charge in [0.25, 0.3) is 0 Å². The van der Waals surface area contributed by atoms with Gasteiger partial charge >= 0.3 is 0 Å². The Hall–Kier alpha value is -9.44. The number of nitrogens with zero attached hydrogens (tertiary/aromatic N) is 1. The lowest BCUT2D eigenvalue weighted by atomic mass is 9.64. The van der Waals surface area contributed by atoms with E-state index in [4.69, 9.17) is 8.83 Å². The first-order valence-electron chi connectivity index (χ1n) is 24.9. The molecule has 0 saturated carbocycles. The zero-order valence-corrected chi connectivity index (χ0v) is 38.8. The number of rotatable bonds is 3. The molecule has 332 valence electrons. The molecule has 0 N–H and O–H groups in total. The molecule has 0 amide bonds. The molecule has 0 atom stereocenters. The molecule has 0 bridgehead atoms. The summed E-state index contributed by atoms with van der Waals surface area (Å²) < 4.78 is 16.3. The van der Waals surface area contributed by atoms with Crippen molar-refractivity contribution in [1.82, 2.24) is 4.57 Å². The average molecular weight is 914 g/mol. The Morgan fingerprint density at radius 1 is 0.278 bits per heavy atom. The Balaban J connectivity index is 1.07. The normalized spacial score (nSPS) is 13.4. The zero-order valence-electron chi connectivity index (χ0n) is 38.8. The largest absolute Gasteiger partial charge is 0.455 e. The van der Waals surface area contributed by atoms with Crippen molar-refractivity contribution >= 4 is 87.2 Å². The molecule has 0 radical (unpaired) electrons. The number of para-hydroxylation sites is 7. The highest BCUT2D eigenvalue weighted by atomic mass is 16.3. The molecule has 3 aromatic heterocycles. The molecular formula is C69H39NO2. The van der Waals surface area contributed by atoms with Crippen LogP contribution in [0.4, 0.5) is 0 Å². The van der Waals surface area contributed by atoms with Crippen LogP contribution in [-0.2, 0) is 5.41 Å². The minimum Gasteiger partial charge on any atom is -0.455 e. The van der Waals surface area contributed by atoms with Crippen molar-refractivity contribution in [2.75, 3.05) is 0 Å². The van der Waals surface area contributed by atoms with Crippen molar-refractivity contribution in [1.29, 1.82) is 0 Å². The lowest BCUT2D eigenvalue weighted by molar-refractivity contribution is 0.669. The monoisotopic (exact) mass is 913 g/mol. The topological polar surface area (TPSA) is 31.2 Å². The van der Waals surface area contributed by atoms with Gasteiger partial charge in [-0.3, -0.25) is 0 Å². The Morgan fingerprint density at radius 3 is 1.32 bits per heavy atom. The van der Waals surface area contributed by atoms with Gasteiger partial charge < -0.3 is 13.4 Å². The summed E-state index contributed by atoms with van der Waals surface area (Å²) in [6, 6.07) is 87.5. The highest BCUT2D eigenvalue weighted by Gasteiger charge is 2.51. The summed E-state index contributed by atoms with van der Waals surface area (Å²) >= 11 is 0. The van der Waals surface area contributed by atoms with Gasteiger partial charge in [-0.15, -0.1) is 0 Å². The fourth-order valence-corrected chi connectivity index (χ4v) is 13.6. The minimum absolute atomic E-state index is 0.590. The third-order valence-corrected chi connectivity index (χ3v) is 16.4. The number of hydrogen-bond donors (Lipinski definition) is 0. The molecule has 0 fully saturated rings. The summed E-state index contributed by atoms with van der Waals surface area (Å²) in [5, 5.41) is 11.6. The van der Waals surface area contributed by atoms with Crippen molar-refractivity contribution in [3.63, 3.8) is 0 Å². The Labute approximate surface area is 413 Å². The van der Waals surface area contributed by atoms with Crippen molar-refractivity contribution in [3.05, 3.63) is 259 Å². The molecule has 12 aromatic carbocycles. The SMILES string of the molecule is c1ccc2c(c1)-c1ccccc1C21c2cccc(-c3c4cccc(-c5cccc6c5oc5ccccc56)c4cc4c(-c5cccc6c5oc5ccccc56)cccc34)c2-n2c3ccccc3c3cccc1c32. The molecule has 1 spiro atoms. The minimum atomic E-state index is -0.590. The van der Waals surface area contributed by atoms with Crippen LogP contribution in [0.5, 0.6) is 0 Å². The number of aromatic nitrogens is 1. The van der Waals surface area contributed by atoms with Gasteiger partial charge in [0, 0.05) is 49.0 Å². The first kappa shape index (κ1) is 38.4. The van der Waals surface area contributed by atoms with Crippen LogP contribution in [-0.4, -0.2) is 4.57 Å². The average Bonchev–Trinajstić information content (AvgIpc) is 4.19. The van der Waals surface area contributed by atoms with Crippen LogP contribution in [0.2, 0.25) is 0 Å². The second-order valence-corrected chi connectivity index (χ2v) is 19.7. The summed E-state index contributed by atoms with van der Waals surface area (Å²) in [7, 11) is 0. The van der Waals surface area contributed by atoms with Crippen LogP contribution < -0.4 is 0 Å². The van der Waals surface area contributed by atoms with Crippen molar-refractivity contribution in [3.8, 4) is 50.2 Å². The summed E-state index contributed by atoms with van der Waals surface area (Å²) in [4.78, 5) is 0. The first-order valence-corrected chi connectivity index (χ1v) is 24.9. The van der Waals surface area contributed by atoms with Gasteiger partial charge in [0.2, 0.25) is 0 Å². The van der Waals surface area contributed by atoms with Crippen molar-refractivity contribution in [2.45, 2.75) is 5.41 Å². The standard InChI is InChI=1S/C69H39NO2/c1-6-32-57-42(17-1)43-18-2-7-33-58(43)69(57)59-34-15-26-49-44-19-3-8-36-61(44)70(65(49)59)66-54(31-16-35-60(66)69)64-47-24-11-22-40(50-27-13-29-52-45-20-4-9-37-62(45)71-67(50)52)55(47)39-56-41(23-12-25-48(56)64)51-28-14-30-53-46-21-5-10-38-63(46)72-68(51)53/h1-39H. The van der Waals surface area contributed by atoms with E-state index in [0.29, 0.717) is 0 Å².